The van der Waals surface area contributed by atoms with E-state index >= 15 is 0 Å². The van der Waals surface area contributed by atoms with Gasteiger partial charge in [-0.25, -0.2) is 0 Å². The maximum absolute atomic E-state index is 12.7. The summed E-state index contributed by atoms with van der Waals surface area (Å²) in [7, 11) is 0. The Hall–Kier alpha value is -3.60. The molecule has 0 saturated carbocycles. The van der Waals surface area contributed by atoms with E-state index in [0.29, 0.717) is 29.3 Å². The summed E-state index contributed by atoms with van der Waals surface area (Å²) in [5, 5.41) is 5.77. The number of hydrogen-bond acceptors (Lipinski definition) is 3. The molecule has 0 spiro atoms. The third-order valence-electron chi connectivity index (χ3n) is 4.64. The Balaban J connectivity index is 1.63. The molecule has 0 radical (unpaired) electrons. The maximum atomic E-state index is 12.7. The molecule has 0 bridgehead atoms. The summed E-state index contributed by atoms with van der Waals surface area (Å²) in [5.41, 5.74) is 3.83. The molecule has 2 amide bonds. The molecule has 0 aliphatic heterocycles. The predicted molar refractivity (Wildman–Crippen MR) is 120 cm³/mol. The molecule has 0 aliphatic carbocycles. The van der Waals surface area contributed by atoms with Crippen LogP contribution in [-0.4, -0.2) is 11.8 Å². The van der Waals surface area contributed by atoms with Crippen molar-refractivity contribution in [1.82, 2.24) is 0 Å². The molecule has 0 heterocycles. The van der Waals surface area contributed by atoms with Crippen LogP contribution < -0.4 is 15.4 Å². The lowest BCUT2D eigenvalue weighted by Crippen LogP contribution is -2.18. The van der Waals surface area contributed by atoms with Crippen molar-refractivity contribution in [2.75, 3.05) is 10.6 Å². The first-order valence-corrected chi connectivity index (χ1v) is 9.92. The van der Waals surface area contributed by atoms with Crippen LogP contribution in [0.1, 0.15) is 35.3 Å². The number of nitrogens with one attached hydrogen (secondary N) is 2. The molecule has 0 fully saturated rings. The van der Waals surface area contributed by atoms with Crippen LogP contribution in [0.5, 0.6) is 5.75 Å². The Kier molecular flexibility index (Phi) is 6.86. The highest BCUT2D eigenvalue weighted by Crippen LogP contribution is 2.22. The monoisotopic (exact) mass is 402 g/mol. The van der Waals surface area contributed by atoms with E-state index in [-0.39, 0.29) is 17.7 Å². The van der Waals surface area contributed by atoms with Gasteiger partial charge in [0.15, 0.2) is 0 Å². The molecule has 154 valence electrons. The zero-order valence-electron chi connectivity index (χ0n) is 17.4. The SMILES string of the molecule is Cc1ccc(NC(=O)C(C)C)cc1NC(=O)c1ccc(OCc2ccccc2)cc1. The summed E-state index contributed by atoms with van der Waals surface area (Å²) >= 11 is 0. The molecule has 5 heteroatoms. The van der Waals surface area contributed by atoms with Crippen LogP contribution in [0.4, 0.5) is 11.4 Å². The molecular weight excluding hydrogens is 376 g/mol. The van der Waals surface area contributed by atoms with Crippen LogP contribution in [0.3, 0.4) is 0 Å². The highest BCUT2D eigenvalue weighted by Gasteiger charge is 2.11. The molecule has 3 rings (SSSR count). The molecule has 0 atom stereocenters. The van der Waals surface area contributed by atoms with Gasteiger partial charge in [0.2, 0.25) is 5.91 Å². The van der Waals surface area contributed by atoms with E-state index in [0.717, 1.165) is 11.1 Å². The van der Waals surface area contributed by atoms with Gasteiger partial charge in [-0.05, 0) is 54.4 Å². The Morgan fingerprint density at radius 1 is 0.900 bits per heavy atom. The van der Waals surface area contributed by atoms with E-state index in [1.54, 1.807) is 30.3 Å². The van der Waals surface area contributed by atoms with E-state index in [4.69, 9.17) is 4.74 Å². The molecule has 0 unspecified atom stereocenters. The van der Waals surface area contributed by atoms with Gasteiger partial charge in [-0.1, -0.05) is 50.2 Å². The van der Waals surface area contributed by atoms with Crippen LogP contribution in [0.2, 0.25) is 0 Å². The summed E-state index contributed by atoms with van der Waals surface area (Å²) in [6, 6.07) is 22.4. The standard InChI is InChI=1S/C25H26N2O3/c1-17(2)24(28)26-21-12-9-18(3)23(15-21)27-25(29)20-10-13-22(14-11-20)30-16-19-7-5-4-6-8-19/h4-15,17H,16H2,1-3H3,(H,26,28)(H,27,29). The lowest BCUT2D eigenvalue weighted by atomic mass is 10.1. The smallest absolute Gasteiger partial charge is 0.255 e. The molecule has 3 aromatic rings. The number of hydrogen-bond donors (Lipinski definition) is 2. The zero-order valence-corrected chi connectivity index (χ0v) is 17.4. The molecule has 3 aromatic carbocycles. The second-order valence-electron chi connectivity index (χ2n) is 7.43. The summed E-state index contributed by atoms with van der Waals surface area (Å²) in [6.07, 6.45) is 0. The number of carbonyl (C=O) groups is 2. The van der Waals surface area contributed by atoms with Crippen LogP contribution in [0.25, 0.3) is 0 Å². The van der Waals surface area contributed by atoms with Crippen molar-refractivity contribution >= 4 is 23.2 Å². The molecule has 0 aromatic heterocycles. The highest BCUT2D eigenvalue weighted by atomic mass is 16.5. The van der Waals surface area contributed by atoms with Crippen molar-refractivity contribution in [3.8, 4) is 5.75 Å². The van der Waals surface area contributed by atoms with Crippen molar-refractivity contribution < 1.29 is 14.3 Å². The van der Waals surface area contributed by atoms with E-state index in [9.17, 15) is 9.59 Å². The van der Waals surface area contributed by atoms with E-state index < -0.39 is 0 Å². The van der Waals surface area contributed by atoms with Gasteiger partial charge in [0.25, 0.3) is 5.91 Å². The Labute approximate surface area is 177 Å². The Morgan fingerprint density at radius 2 is 1.60 bits per heavy atom. The second-order valence-corrected chi connectivity index (χ2v) is 7.43. The Bertz CT molecular complexity index is 1010. The van der Waals surface area contributed by atoms with Crippen molar-refractivity contribution in [3.05, 3.63) is 89.5 Å². The summed E-state index contributed by atoms with van der Waals surface area (Å²) in [6.45, 7) is 6.05. The minimum absolute atomic E-state index is 0.0674. The fourth-order valence-corrected chi connectivity index (χ4v) is 2.76. The first kappa shape index (κ1) is 21.1. The molecule has 0 aliphatic rings. The van der Waals surface area contributed by atoms with Crippen LogP contribution in [0.15, 0.2) is 72.8 Å². The summed E-state index contributed by atoms with van der Waals surface area (Å²) in [5.74, 6) is 0.291. The van der Waals surface area contributed by atoms with Gasteiger partial charge in [0.05, 0.1) is 0 Å². The maximum Gasteiger partial charge on any atom is 0.255 e. The van der Waals surface area contributed by atoms with E-state index in [2.05, 4.69) is 10.6 Å². The number of aryl methyl sites for hydroxylation is 1. The lowest BCUT2D eigenvalue weighted by molar-refractivity contribution is -0.118. The second kappa shape index (κ2) is 9.74. The van der Waals surface area contributed by atoms with Gasteiger partial charge in [0, 0.05) is 22.9 Å². The lowest BCUT2D eigenvalue weighted by Gasteiger charge is -2.13. The largest absolute Gasteiger partial charge is 0.489 e. The van der Waals surface area contributed by atoms with Crippen molar-refractivity contribution in [1.29, 1.82) is 0 Å². The number of amides is 2. The van der Waals surface area contributed by atoms with Gasteiger partial charge < -0.3 is 15.4 Å². The van der Waals surface area contributed by atoms with Gasteiger partial charge in [-0.2, -0.15) is 0 Å². The molecule has 0 saturated heterocycles. The van der Waals surface area contributed by atoms with Gasteiger partial charge in [-0.3, -0.25) is 9.59 Å². The topological polar surface area (TPSA) is 67.4 Å². The van der Waals surface area contributed by atoms with Crippen LogP contribution in [-0.2, 0) is 11.4 Å². The minimum atomic E-state index is -0.222. The Morgan fingerprint density at radius 3 is 2.27 bits per heavy atom. The summed E-state index contributed by atoms with van der Waals surface area (Å²) in [4.78, 5) is 24.6. The third kappa shape index (κ3) is 5.70. The molecular formula is C25H26N2O3. The van der Waals surface area contributed by atoms with Crippen molar-refractivity contribution in [2.24, 2.45) is 5.92 Å². The first-order valence-electron chi connectivity index (χ1n) is 9.92. The number of rotatable bonds is 7. The van der Waals surface area contributed by atoms with Gasteiger partial charge >= 0.3 is 0 Å². The zero-order chi connectivity index (χ0) is 21.5. The van der Waals surface area contributed by atoms with E-state index in [1.807, 2.05) is 63.2 Å². The highest BCUT2D eigenvalue weighted by molar-refractivity contribution is 6.05. The number of ether oxygens (including phenoxy) is 1. The summed E-state index contributed by atoms with van der Waals surface area (Å²) < 4.78 is 5.76. The fraction of sp³-hybridized carbons (Fsp3) is 0.200. The van der Waals surface area contributed by atoms with Gasteiger partial charge in [-0.15, -0.1) is 0 Å². The van der Waals surface area contributed by atoms with Crippen molar-refractivity contribution in [2.45, 2.75) is 27.4 Å². The third-order valence-corrected chi connectivity index (χ3v) is 4.64. The normalized spacial score (nSPS) is 10.5. The average Bonchev–Trinajstić information content (AvgIpc) is 2.75. The minimum Gasteiger partial charge on any atom is -0.489 e. The number of anilines is 2. The average molecular weight is 402 g/mol. The first-order chi connectivity index (χ1) is 14.4. The number of benzene rings is 3. The molecule has 5 nitrogen and oxygen atoms in total. The molecule has 30 heavy (non-hydrogen) atoms. The quantitative estimate of drug-likeness (QED) is 0.554. The van der Waals surface area contributed by atoms with E-state index in [1.165, 1.54) is 0 Å². The number of carbonyl (C=O) groups excluding carboxylic acids is 2. The van der Waals surface area contributed by atoms with Gasteiger partial charge in [0.1, 0.15) is 12.4 Å². The molecule has 2 N–H and O–H groups in total. The predicted octanol–water partition coefficient (Wildman–Crippen LogP) is 5.42. The fourth-order valence-electron chi connectivity index (χ4n) is 2.76. The van der Waals surface area contributed by atoms with Crippen LogP contribution in [0, 0.1) is 12.8 Å². The van der Waals surface area contributed by atoms with Crippen molar-refractivity contribution in [3.63, 3.8) is 0 Å². The van der Waals surface area contributed by atoms with Crippen LogP contribution >= 0.6 is 0 Å².